The van der Waals surface area contributed by atoms with Gasteiger partial charge in [-0.25, -0.2) is 0 Å². The average molecular weight is 165 g/mol. The largest absolute Gasteiger partial charge is 0.308 e. The van der Waals surface area contributed by atoms with E-state index >= 15 is 0 Å². The third-order valence-corrected chi connectivity index (χ3v) is 2.31. The van der Waals surface area contributed by atoms with Crippen LogP contribution in [0, 0.1) is 6.92 Å². The lowest BCUT2D eigenvalue weighted by molar-refractivity contribution is 0.649. The van der Waals surface area contributed by atoms with E-state index in [0.717, 1.165) is 18.3 Å². The Bertz CT molecular complexity index is 254. The van der Waals surface area contributed by atoms with E-state index < -0.39 is 0 Å². The summed E-state index contributed by atoms with van der Waals surface area (Å²) in [7, 11) is 1.98. The fraction of sp³-hybridized carbons (Fsp3) is 0.667. The maximum absolute atomic E-state index is 4.36. The zero-order chi connectivity index (χ0) is 8.55. The number of rotatable bonds is 3. The van der Waals surface area contributed by atoms with Crippen LogP contribution in [0.15, 0.2) is 6.07 Å². The molecule has 1 saturated carbocycles. The summed E-state index contributed by atoms with van der Waals surface area (Å²) in [4.78, 5) is 0. The first kappa shape index (κ1) is 7.80. The van der Waals surface area contributed by atoms with E-state index in [1.807, 2.05) is 11.7 Å². The highest BCUT2D eigenvalue weighted by Crippen LogP contribution is 2.19. The molecule has 1 aliphatic carbocycles. The number of nitrogens with one attached hydrogen (secondary N) is 1. The molecule has 0 atom stereocenters. The van der Waals surface area contributed by atoms with E-state index in [0.29, 0.717) is 0 Å². The van der Waals surface area contributed by atoms with Gasteiger partial charge in [0.05, 0.1) is 5.69 Å². The van der Waals surface area contributed by atoms with Crippen molar-refractivity contribution in [2.24, 2.45) is 7.05 Å². The van der Waals surface area contributed by atoms with Gasteiger partial charge in [0.1, 0.15) is 0 Å². The molecule has 0 saturated heterocycles. The van der Waals surface area contributed by atoms with Gasteiger partial charge in [0.25, 0.3) is 0 Å². The molecule has 0 unspecified atom stereocenters. The number of aromatic nitrogens is 2. The van der Waals surface area contributed by atoms with Crippen molar-refractivity contribution >= 4 is 0 Å². The molecule has 0 spiro atoms. The van der Waals surface area contributed by atoms with Gasteiger partial charge >= 0.3 is 0 Å². The maximum Gasteiger partial charge on any atom is 0.0765 e. The molecular weight excluding hydrogens is 150 g/mol. The SMILES string of the molecule is Cc1cc(CNC2CC2)nn1C. The summed E-state index contributed by atoms with van der Waals surface area (Å²) < 4.78 is 1.92. The summed E-state index contributed by atoms with van der Waals surface area (Å²) in [6.45, 7) is 3.00. The van der Waals surface area contributed by atoms with Crippen molar-refractivity contribution in [3.8, 4) is 0 Å². The highest BCUT2D eigenvalue weighted by atomic mass is 15.3. The summed E-state index contributed by atoms with van der Waals surface area (Å²) in [6, 6.07) is 2.90. The van der Waals surface area contributed by atoms with Crippen LogP contribution in [0.2, 0.25) is 0 Å². The standard InChI is InChI=1S/C9H15N3/c1-7-5-9(11-12(7)2)6-10-8-3-4-8/h5,8,10H,3-4,6H2,1-2H3. The predicted molar refractivity (Wildman–Crippen MR) is 47.8 cm³/mol. The normalized spacial score (nSPS) is 16.8. The first-order chi connectivity index (χ1) is 5.75. The molecule has 0 amide bonds. The molecule has 3 nitrogen and oxygen atoms in total. The molecule has 1 aliphatic rings. The minimum atomic E-state index is 0.771. The Morgan fingerprint density at radius 1 is 1.67 bits per heavy atom. The van der Waals surface area contributed by atoms with E-state index in [4.69, 9.17) is 0 Å². The summed E-state index contributed by atoms with van der Waals surface area (Å²) in [6.07, 6.45) is 2.68. The molecule has 3 heteroatoms. The van der Waals surface area contributed by atoms with Crippen molar-refractivity contribution in [2.75, 3.05) is 0 Å². The second kappa shape index (κ2) is 2.90. The van der Waals surface area contributed by atoms with E-state index in [2.05, 4.69) is 23.4 Å². The van der Waals surface area contributed by atoms with Gasteiger partial charge in [-0.3, -0.25) is 4.68 Å². The summed E-state index contributed by atoms with van der Waals surface area (Å²) in [5.74, 6) is 0. The predicted octanol–water partition coefficient (Wildman–Crippen LogP) is 0.981. The minimum absolute atomic E-state index is 0.771. The van der Waals surface area contributed by atoms with E-state index in [1.54, 1.807) is 0 Å². The van der Waals surface area contributed by atoms with Crippen LogP contribution in [0.25, 0.3) is 0 Å². The third kappa shape index (κ3) is 1.67. The minimum Gasteiger partial charge on any atom is -0.308 e. The second-order valence-corrected chi connectivity index (χ2v) is 3.56. The number of nitrogens with zero attached hydrogens (tertiary/aromatic N) is 2. The molecule has 1 heterocycles. The van der Waals surface area contributed by atoms with Gasteiger partial charge < -0.3 is 5.32 Å². The number of aryl methyl sites for hydroxylation is 2. The first-order valence-corrected chi connectivity index (χ1v) is 4.48. The van der Waals surface area contributed by atoms with E-state index in [9.17, 15) is 0 Å². The Hall–Kier alpha value is -0.830. The van der Waals surface area contributed by atoms with Gasteiger partial charge in [0.15, 0.2) is 0 Å². The topological polar surface area (TPSA) is 29.9 Å². The van der Waals surface area contributed by atoms with Crippen LogP contribution in [-0.2, 0) is 13.6 Å². The van der Waals surface area contributed by atoms with Gasteiger partial charge in [0, 0.05) is 25.3 Å². The molecule has 0 aliphatic heterocycles. The molecule has 0 bridgehead atoms. The van der Waals surface area contributed by atoms with Crippen molar-refractivity contribution in [1.29, 1.82) is 0 Å². The van der Waals surface area contributed by atoms with Crippen molar-refractivity contribution in [3.63, 3.8) is 0 Å². The Morgan fingerprint density at radius 3 is 2.92 bits per heavy atom. The van der Waals surface area contributed by atoms with Gasteiger partial charge in [0.2, 0.25) is 0 Å². The van der Waals surface area contributed by atoms with Gasteiger partial charge in [-0.15, -0.1) is 0 Å². The Morgan fingerprint density at radius 2 is 2.42 bits per heavy atom. The lowest BCUT2D eigenvalue weighted by Crippen LogP contribution is -2.15. The smallest absolute Gasteiger partial charge is 0.0765 e. The Labute approximate surface area is 72.8 Å². The molecule has 0 aromatic carbocycles. The summed E-state index contributed by atoms with van der Waals surface area (Å²) >= 11 is 0. The van der Waals surface area contributed by atoms with Gasteiger partial charge in [-0.2, -0.15) is 5.10 Å². The molecule has 1 aromatic heterocycles. The Balaban J connectivity index is 1.93. The van der Waals surface area contributed by atoms with Crippen molar-refractivity contribution in [2.45, 2.75) is 32.4 Å². The molecule has 0 radical (unpaired) electrons. The zero-order valence-corrected chi connectivity index (χ0v) is 7.67. The van der Waals surface area contributed by atoms with Gasteiger partial charge in [-0.05, 0) is 25.8 Å². The fourth-order valence-corrected chi connectivity index (χ4v) is 1.26. The second-order valence-electron chi connectivity index (χ2n) is 3.56. The lowest BCUT2D eigenvalue weighted by atomic mass is 10.3. The van der Waals surface area contributed by atoms with Gasteiger partial charge in [-0.1, -0.05) is 0 Å². The molecule has 1 fully saturated rings. The first-order valence-electron chi connectivity index (χ1n) is 4.48. The van der Waals surface area contributed by atoms with Crippen molar-refractivity contribution in [3.05, 3.63) is 17.5 Å². The summed E-state index contributed by atoms with van der Waals surface area (Å²) in [5, 5.41) is 7.80. The van der Waals surface area contributed by atoms with Crippen molar-refractivity contribution < 1.29 is 0 Å². The van der Waals surface area contributed by atoms with E-state index in [1.165, 1.54) is 18.5 Å². The number of hydrogen-bond donors (Lipinski definition) is 1. The third-order valence-electron chi connectivity index (χ3n) is 2.31. The van der Waals surface area contributed by atoms with Crippen molar-refractivity contribution in [1.82, 2.24) is 15.1 Å². The highest BCUT2D eigenvalue weighted by molar-refractivity contribution is 5.08. The molecular formula is C9H15N3. The zero-order valence-electron chi connectivity index (χ0n) is 7.67. The van der Waals surface area contributed by atoms with Crippen LogP contribution < -0.4 is 5.32 Å². The van der Waals surface area contributed by atoms with Crippen LogP contribution in [0.5, 0.6) is 0 Å². The molecule has 12 heavy (non-hydrogen) atoms. The van der Waals surface area contributed by atoms with Crippen LogP contribution in [-0.4, -0.2) is 15.8 Å². The monoisotopic (exact) mass is 165 g/mol. The molecule has 2 rings (SSSR count). The van der Waals surface area contributed by atoms with Crippen LogP contribution >= 0.6 is 0 Å². The fourth-order valence-electron chi connectivity index (χ4n) is 1.26. The van der Waals surface area contributed by atoms with Crippen LogP contribution in [0.1, 0.15) is 24.2 Å². The number of hydrogen-bond acceptors (Lipinski definition) is 2. The maximum atomic E-state index is 4.36. The molecule has 66 valence electrons. The van der Waals surface area contributed by atoms with Crippen LogP contribution in [0.3, 0.4) is 0 Å². The Kier molecular flexibility index (Phi) is 1.89. The highest BCUT2D eigenvalue weighted by Gasteiger charge is 2.20. The van der Waals surface area contributed by atoms with E-state index in [-0.39, 0.29) is 0 Å². The summed E-state index contributed by atoms with van der Waals surface area (Å²) in [5.41, 5.74) is 2.38. The van der Waals surface area contributed by atoms with Crippen LogP contribution in [0.4, 0.5) is 0 Å². The quantitative estimate of drug-likeness (QED) is 0.723. The average Bonchev–Trinajstić information content (AvgIpc) is 2.78. The molecule has 1 aromatic rings. The molecule has 1 N–H and O–H groups in total. The lowest BCUT2D eigenvalue weighted by Gasteiger charge is -1.96.